The minimum absolute atomic E-state index is 0.141. The molecule has 0 spiro atoms. The number of carbonyl (C=O) groups excluding carboxylic acids is 1. The van der Waals surface area contributed by atoms with Crippen molar-refractivity contribution in [1.82, 2.24) is 4.90 Å². The third-order valence-electron chi connectivity index (χ3n) is 3.40. The monoisotopic (exact) mass is 294 g/mol. The van der Waals surface area contributed by atoms with Crippen LogP contribution in [-0.4, -0.2) is 53.1 Å². The largest absolute Gasteiger partial charge is 0.478 e. The topological polar surface area (TPSA) is 60.9 Å². The zero-order valence-corrected chi connectivity index (χ0v) is 12.4. The summed E-state index contributed by atoms with van der Waals surface area (Å²) >= 11 is 1.83. The molecule has 0 saturated carbocycles. The number of aromatic carboxylic acids is 1. The molecular weight excluding hydrogens is 276 g/mol. The van der Waals surface area contributed by atoms with Crippen LogP contribution in [0.25, 0.3) is 0 Å². The highest BCUT2D eigenvalue weighted by Gasteiger charge is 2.28. The lowest BCUT2D eigenvalue weighted by atomic mass is 10.1. The van der Waals surface area contributed by atoms with Crippen LogP contribution in [0, 0.1) is 0 Å². The lowest BCUT2D eigenvalue weighted by Crippen LogP contribution is -2.50. The number of amides is 2. The molecule has 1 atom stereocenters. The van der Waals surface area contributed by atoms with Crippen LogP contribution in [0.1, 0.15) is 17.3 Å². The lowest BCUT2D eigenvalue weighted by molar-refractivity contribution is 0.0697. The van der Waals surface area contributed by atoms with Crippen molar-refractivity contribution in [3.05, 3.63) is 29.8 Å². The quantitative estimate of drug-likeness (QED) is 0.909. The van der Waals surface area contributed by atoms with Crippen molar-refractivity contribution >= 4 is 29.4 Å². The number of carbonyl (C=O) groups is 2. The van der Waals surface area contributed by atoms with Crippen molar-refractivity contribution in [2.75, 3.05) is 30.0 Å². The molecule has 2 amide bonds. The van der Waals surface area contributed by atoms with Crippen LogP contribution in [0.4, 0.5) is 10.5 Å². The molecule has 1 aliphatic heterocycles. The summed E-state index contributed by atoms with van der Waals surface area (Å²) in [7, 11) is 1.62. The maximum atomic E-state index is 12.5. The van der Waals surface area contributed by atoms with E-state index in [4.69, 9.17) is 0 Å². The van der Waals surface area contributed by atoms with Crippen molar-refractivity contribution < 1.29 is 14.7 Å². The van der Waals surface area contributed by atoms with E-state index in [0.717, 1.165) is 11.5 Å². The fraction of sp³-hybridized carbons (Fsp3) is 0.429. The van der Waals surface area contributed by atoms with Crippen molar-refractivity contribution in [3.63, 3.8) is 0 Å². The van der Waals surface area contributed by atoms with E-state index in [0.29, 0.717) is 12.2 Å². The first-order valence-corrected chi connectivity index (χ1v) is 7.62. The number of benzene rings is 1. The van der Waals surface area contributed by atoms with Crippen LogP contribution in [0.15, 0.2) is 24.3 Å². The van der Waals surface area contributed by atoms with Crippen LogP contribution < -0.4 is 4.90 Å². The van der Waals surface area contributed by atoms with Crippen LogP contribution in [0.3, 0.4) is 0 Å². The van der Waals surface area contributed by atoms with Gasteiger partial charge < -0.3 is 10.0 Å². The Labute approximate surface area is 122 Å². The molecule has 1 aromatic rings. The fourth-order valence-corrected chi connectivity index (χ4v) is 3.27. The predicted octanol–water partition coefficient (Wildman–Crippen LogP) is 2.38. The summed E-state index contributed by atoms with van der Waals surface area (Å²) in [6.45, 7) is 2.71. The molecule has 0 radical (unpaired) electrons. The third-order valence-corrected chi connectivity index (χ3v) is 4.59. The summed E-state index contributed by atoms with van der Waals surface area (Å²) in [4.78, 5) is 27.0. The minimum atomic E-state index is -1.03. The van der Waals surface area contributed by atoms with Crippen molar-refractivity contribution in [1.29, 1.82) is 0 Å². The average molecular weight is 294 g/mol. The molecule has 1 saturated heterocycles. The first-order valence-electron chi connectivity index (χ1n) is 6.46. The van der Waals surface area contributed by atoms with Gasteiger partial charge in [0, 0.05) is 31.1 Å². The molecule has 0 aromatic heterocycles. The van der Waals surface area contributed by atoms with Crippen LogP contribution >= 0.6 is 11.8 Å². The van der Waals surface area contributed by atoms with Gasteiger partial charge >= 0.3 is 12.0 Å². The third kappa shape index (κ3) is 2.90. The van der Waals surface area contributed by atoms with Crippen LogP contribution in [0.2, 0.25) is 0 Å². The fourth-order valence-electron chi connectivity index (χ4n) is 2.25. The van der Waals surface area contributed by atoms with Crippen molar-refractivity contribution in [3.8, 4) is 0 Å². The molecule has 1 aromatic carbocycles. The van der Waals surface area contributed by atoms with Gasteiger partial charge in [0.05, 0.1) is 11.3 Å². The van der Waals surface area contributed by atoms with E-state index >= 15 is 0 Å². The summed E-state index contributed by atoms with van der Waals surface area (Å²) in [5.41, 5.74) is 0.567. The molecule has 108 valence electrons. The highest BCUT2D eigenvalue weighted by Crippen LogP contribution is 2.23. The van der Waals surface area contributed by atoms with Gasteiger partial charge in [-0.15, -0.1) is 0 Å². The maximum absolute atomic E-state index is 12.5. The smallest absolute Gasteiger partial charge is 0.337 e. The van der Waals surface area contributed by atoms with Gasteiger partial charge in [0.15, 0.2) is 0 Å². The Bertz CT molecular complexity index is 521. The number of para-hydroxylation sites is 1. The Kier molecular flexibility index (Phi) is 4.54. The van der Waals surface area contributed by atoms with Gasteiger partial charge in [0.25, 0.3) is 0 Å². The van der Waals surface area contributed by atoms with Crippen molar-refractivity contribution in [2.45, 2.75) is 13.0 Å². The molecule has 1 unspecified atom stereocenters. The predicted molar refractivity (Wildman–Crippen MR) is 80.7 cm³/mol. The van der Waals surface area contributed by atoms with E-state index in [1.54, 1.807) is 30.1 Å². The normalized spacial score (nSPS) is 18.7. The second-order valence-electron chi connectivity index (χ2n) is 4.78. The molecule has 6 heteroatoms. The van der Waals surface area contributed by atoms with Crippen LogP contribution in [0.5, 0.6) is 0 Å². The molecule has 1 fully saturated rings. The Morgan fingerprint density at radius 2 is 2.10 bits per heavy atom. The van der Waals surface area contributed by atoms with Gasteiger partial charge in [-0.3, -0.25) is 4.90 Å². The Hall–Kier alpha value is -1.69. The summed E-state index contributed by atoms with van der Waals surface area (Å²) in [6, 6.07) is 6.58. The molecule has 5 nitrogen and oxygen atoms in total. The minimum Gasteiger partial charge on any atom is -0.478 e. The zero-order valence-electron chi connectivity index (χ0n) is 11.6. The van der Waals surface area contributed by atoms with Gasteiger partial charge in [-0.05, 0) is 19.1 Å². The Morgan fingerprint density at radius 1 is 1.40 bits per heavy atom. The van der Waals surface area contributed by atoms with Gasteiger partial charge in [0.2, 0.25) is 0 Å². The van der Waals surface area contributed by atoms with Crippen molar-refractivity contribution in [2.24, 2.45) is 0 Å². The number of rotatable bonds is 2. The lowest BCUT2D eigenvalue weighted by Gasteiger charge is -2.36. The second kappa shape index (κ2) is 6.17. The first kappa shape index (κ1) is 14.7. The zero-order chi connectivity index (χ0) is 14.7. The SMILES string of the molecule is CC1CSCCN1C(=O)N(C)c1ccccc1C(=O)O. The Morgan fingerprint density at radius 3 is 2.75 bits per heavy atom. The second-order valence-corrected chi connectivity index (χ2v) is 5.93. The molecule has 1 aliphatic rings. The number of anilines is 1. The first-order chi connectivity index (χ1) is 9.52. The highest BCUT2D eigenvalue weighted by molar-refractivity contribution is 7.99. The number of urea groups is 1. The summed E-state index contributed by atoms with van der Waals surface area (Å²) < 4.78 is 0. The van der Waals surface area contributed by atoms with Gasteiger partial charge in [-0.1, -0.05) is 12.1 Å². The van der Waals surface area contributed by atoms with E-state index < -0.39 is 5.97 Å². The number of carboxylic acids is 1. The number of carboxylic acid groups (broad SMARTS) is 1. The van der Waals surface area contributed by atoms with E-state index in [9.17, 15) is 14.7 Å². The molecule has 0 aliphatic carbocycles. The standard InChI is InChI=1S/C14H18N2O3S/c1-10-9-20-8-7-16(10)14(19)15(2)12-6-4-3-5-11(12)13(17)18/h3-6,10H,7-9H2,1-2H3,(H,17,18). The molecule has 20 heavy (non-hydrogen) atoms. The highest BCUT2D eigenvalue weighted by atomic mass is 32.2. The van der Waals surface area contributed by atoms with E-state index in [1.807, 2.05) is 18.7 Å². The average Bonchev–Trinajstić information content (AvgIpc) is 2.46. The number of hydrogen-bond acceptors (Lipinski definition) is 3. The summed E-state index contributed by atoms with van der Waals surface area (Å²) in [5, 5.41) is 9.20. The van der Waals surface area contributed by atoms with Gasteiger partial charge in [0.1, 0.15) is 0 Å². The van der Waals surface area contributed by atoms with E-state index in [1.165, 1.54) is 11.0 Å². The number of nitrogens with zero attached hydrogens (tertiary/aromatic N) is 2. The van der Waals surface area contributed by atoms with Gasteiger partial charge in [-0.2, -0.15) is 11.8 Å². The molecule has 2 rings (SSSR count). The molecular formula is C14H18N2O3S. The molecule has 1 heterocycles. The molecule has 0 bridgehead atoms. The number of hydrogen-bond donors (Lipinski definition) is 1. The van der Waals surface area contributed by atoms with E-state index in [-0.39, 0.29) is 17.6 Å². The number of thioether (sulfide) groups is 1. The van der Waals surface area contributed by atoms with Crippen LogP contribution in [-0.2, 0) is 0 Å². The summed E-state index contributed by atoms with van der Waals surface area (Å²) in [6.07, 6.45) is 0. The summed E-state index contributed by atoms with van der Waals surface area (Å²) in [5.74, 6) is 0.812. The Balaban J connectivity index is 2.24. The molecule has 1 N–H and O–H groups in total. The van der Waals surface area contributed by atoms with Gasteiger partial charge in [-0.25, -0.2) is 9.59 Å². The maximum Gasteiger partial charge on any atom is 0.337 e. The van der Waals surface area contributed by atoms with E-state index in [2.05, 4.69) is 0 Å².